The maximum atomic E-state index is 14.1. The first-order valence-electron chi connectivity index (χ1n) is 19.5. The molecule has 0 fully saturated rings. The molecule has 3 heterocycles. The fraction of sp³-hybridized carbons (Fsp3) is 0.174. The largest absolute Gasteiger partial charge is 0.422 e. The van der Waals surface area contributed by atoms with E-state index >= 15 is 0 Å². The van der Waals surface area contributed by atoms with E-state index in [-0.39, 0.29) is 46.2 Å². The average molecular weight is 786 g/mol. The van der Waals surface area contributed by atoms with Gasteiger partial charge in [-0.1, -0.05) is 118 Å². The molecule has 59 heavy (non-hydrogen) atoms. The zero-order chi connectivity index (χ0) is 40.9. The molecule has 0 saturated heterocycles. The van der Waals surface area contributed by atoms with Crippen molar-refractivity contribution >= 4 is 23.8 Å². The van der Waals surface area contributed by atoms with Crippen molar-refractivity contribution in [2.75, 3.05) is 6.54 Å². The summed E-state index contributed by atoms with van der Waals surface area (Å²) in [6.07, 6.45) is 3.50. The van der Waals surface area contributed by atoms with Crippen LogP contribution in [0.4, 0.5) is 0 Å². The summed E-state index contributed by atoms with van der Waals surface area (Å²) in [6, 6.07) is 35.0. The maximum Gasteiger partial charge on any atom is 0.343 e. The lowest BCUT2D eigenvalue weighted by Crippen LogP contribution is -2.34. The Labute approximate surface area is 339 Å². The summed E-state index contributed by atoms with van der Waals surface area (Å²) in [7, 11) is 0. The first-order valence-corrected chi connectivity index (χ1v) is 19.5. The van der Waals surface area contributed by atoms with Gasteiger partial charge in [-0.2, -0.15) is 5.10 Å². The number of esters is 2. The number of unbranched alkanes of at least 4 members (excludes halogenated alkanes) is 1. The van der Waals surface area contributed by atoms with Crippen molar-refractivity contribution in [3.63, 3.8) is 0 Å². The van der Waals surface area contributed by atoms with Crippen molar-refractivity contribution in [1.82, 2.24) is 35.3 Å². The molecule has 1 aliphatic heterocycles. The van der Waals surface area contributed by atoms with Crippen LogP contribution in [0.2, 0.25) is 0 Å². The number of carbonyl (C=O) groups is 4. The van der Waals surface area contributed by atoms with Crippen molar-refractivity contribution in [2.45, 2.75) is 39.5 Å². The van der Waals surface area contributed by atoms with E-state index in [4.69, 9.17) is 9.47 Å². The topological polar surface area (TPSA) is 173 Å². The van der Waals surface area contributed by atoms with E-state index in [1.165, 1.54) is 12.1 Å². The molecule has 1 unspecified atom stereocenters. The SMILES string of the molecule is CCCCC(CC)CN1C(=O)c2c(OC(=O)c3ccc(-c4nnc(-c5ccccc5)[nH]4)cc3)ccc(OC(=O)c3cccc(-c4nc(-c5ccccc5)n[nH]4)c3)c2C1=O. The highest BCUT2D eigenvalue weighted by Crippen LogP contribution is 2.39. The van der Waals surface area contributed by atoms with Crippen molar-refractivity contribution in [1.29, 1.82) is 0 Å². The number of ether oxygens (including phenoxy) is 2. The number of aromatic amines is 2. The summed E-state index contributed by atoms with van der Waals surface area (Å²) in [5.41, 5.74) is 3.07. The van der Waals surface area contributed by atoms with Crippen molar-refractivity contribution in [3.8, 4) is 57.1 Å². The molecule has 0 spiro atoms. The summed E-state index contributed by atoms with van der Waals surface area (Å²) >= 11 is 0. The Bertz CT molecular complexity index is 2660. The lowest BCUT2D eigenvalue weighted by molar-refractivity contribution is 0.0622. The van der Waals surface area contributed by atoms with E-state index in [0.29, 0.717) is 34.4 Å². The Kier molecular flexibility index (Phi) is 11.0. The van der Waals surface area contributed by atoms with Crippen LogP contribution >= 0.6 is 0 Å². The Hall–Kier alpha value is -7.54. The minimum Gasteiger partial charge on any atom is -0.422 e. The molecular weight excluding hydrogens is 747 g/mol. The molecule has 8 rings (SSSR count). The molecule has 0 saturated carbocycles. The monoisotopic (exact) mass is 785 g/mol. The van der Waals surface area contributed by atoms with Gasteiger partial charge in [0, 0.05) is 28.8 Å². The zero-order valence-electron chi connectivity index (χ0n) is 32.3. The van der Waals surface area contributed by atoms with Gasteiger partial charge in [-0.05, 0) is 48.7 Å². The third kappa shape index (κ3) is 8.03. The molecule has 2 aromatic heterocycles. The van der Waals surface area contributed by atoms with Crippen LogP contribution in [-0.4, -0.2) is 65.6 Å². The van der Waals surface area contributed by atoms with Crippen LogP contribution in [0.15, 0.2) is 121 Å². The van der Waals surface area contributed by atoms with Gasteiger partial charge in [0.15, 0.2) is 23.3 Å². The molecule has 0 radical (unpaired) electrons. The number of hydrogen-bond donors (Lipinski definition) is 2. The molecule has 2 amide bonds. The number of amides is 2. The molecule has 13 nitrogen and oxygen atoms in total. The number of rotatable bonds is 14. The van der Waals surface area contributed by atoms with Crippen molar-refractivity contribution in [3.05, 3.63) is 144 Å². The highest BCUT2D eigenvalue weighted by atomic mass is 16.5. The minimum absolute atomic E-state index is 0.0575. The number of nitrogens with one attached hydrogen (secondary N) is 2. The smallest absolute Gasteiger partial charge is 0.343 e. The van der Waals surface area contributed by atoms with Gasteiger partial charge in [0.05, 0.1) is 22.3 Å². The van der Waals surface area contributed by atoms with Gasteiger partial charge in [-0.15, -0.1) is 10.2 Å². The second kappa shape index (κ2) is 16.9. The zero-order valence-corrected chi connectivity index (χ0v) is 32.3. The highest BCUT2D eigenvalue weighted by Gasteiger charge is 2.42. The van der Waals surface area contributed by atoms with E-state index in [1.807, 2.05) is 67.6 Å². The minimum atomic E-state index is -0.766. The number of carbonyl (C=O) groups excluding carboxylic acids is 4. The molecule has 0 aliphatic carbocycles. The molecule has 294 valence electrons. The van der Waals surface area contributed by atoms with Gasteiger partial charge in [-0.3, -0.25) is 19.6 Å². The van der Waals surface area contributed by atoms with Crippen LogP contribution in [0, 0.1) is 5.92 Å². The second-order valence-corrected chi connectivity index (χ2v) is 14.1. The summed E-state index contributed by atoms with van der Waals surface area (Å²) in [5.74, 6) is -0.906. The van der Waals surface area contributed by atoms with Gasteiger partial charge in [0.2, 0.25) is 0 Å². The van der Waals surface area contributed by atoms with Crippen LogP contribution < -0.4 is 9.47 Å². The Morgan fingerprint density at radius 3 is 1.83 bits per heavy atom. The first kappa shape index (κ1) is 38.3. The third-order valence-electron chi connectivity index (χ3n) is 10.3. The van der Waals surface area contributed by atoms with E-state index in [0.717, 1.165) is 41.7 Å². The quantitative estimate of drug-likeness (QED) is 0.0616. The summed E-state index contributed by atoms with van der Waals surface area (Å²) < 4.78 is 11.7. The van der Waals surface area contributed by atoms with Crippen LogP contribution in [0.1, 0.15) is 81.0 Å². The molecule has 0 bridgehead atoms. The Balaban J connectivity index is 1.05. The molecule has 5 aromatic carbocycles. The van der Waals surface area contributed by atoms with Gasteiger partial charge in [0.25, 0.3) is 11.8 Å². The highest BCUT2D eigenvalue weighted by molar-refractivity contribution is 6.24. The molecule has 1 atom stereocenters. The average Bonchev–Trinajstić information content (AvgIpc) is 4.04. The fourth-order valence-electron chi connectivity index (χ4n) is 6.96. The van der Waals surface area contributed by atoms with Crippen molar-refractivity contribution in [2.24, 2.45) is 5.92 Å². The van der Waals surface area contributed by atoms with Gasteiger partial charge < -0.3 is 14.5 Å². The normalized spacial score (nSPS) is 12.7. The number of hydrogen-bond acceptors (Lipinski definition) is 10. The van der Waals surface area contributed by atoms with Gasteiger partial charge in [-0.25, -0.2) is 14.6 Å². The number of benzene rings is 5. The fourth-order valence-corrected chi connectivity index (χ4v) is 6.96. The van der Waals surface area contributed by atoms with E-state index in [1.54, 1.807) is 48.5 Å². The first-order chi connectivity index (χ1) is 28.8. The van der Waals surface area contributed by atoms with Crippen molar-refractivity contribution < 1.29 is 28.7 Å². The van der Waals surface area contributed by atoms with Gasteiger partial charge in [0.1, 0.15) is 11.5 Å². The Morgan fingerprint density at radius 1 is 0.644 bits per heavy atom. The lowest BCUT2D eigenvalue weighted by atomic mass is 9.99. The second-order valence-electron chi connectivity index (χ2n) is 14.1. The van der Waals surface area contributed by atoms with Crippen LogP contribution in [0.25, 0.3) is 45.6 Å². The number of imide groups is 1. The van der Waals surface area contributed by atoms with Crippen LogP contribution in [0.3, 0.4) is 0 Å². The molecular formula is C46H39N7O6. The maximum absolute atomic E-state index is 14.1. The van der Waals surface area contributed by atoms with Crippen LogP contribution in [0.5, 0.6) is 11.5 Å². The molecule has 2 N–H and O–H groups in total. The number of nitrogens with zero attached hydrogens (tertiary/aromatic N) is 5. The van der Waals surface area contributed by atoms with E-state index in [2.05, 4.69) is 37.3 Å². The molecule has 7 aromatic rings. The van der Waals surface area contributed by atoms with E-state index < -0.39 is 23.8 Å². The van der Waals surface area contributed by atoms with Gasteiger partial charge >= 0.3 is 11.9 Å². The summed E-state index contributed by atoms with van der Waals surface area (Å²) in [6.45, 7) is 4.27. The van der Waals surface area contributed by atoms with Crippen LogP contribution in [-0.2, 0) is 0 Å². The number of fused-ring (bicyclic) bond motifs is 1. The number of aromatic nitrogens is 6. The Morgan fingerprint density at radius 2 is 1.22 bits per heavy atom. The molecule has 1 aliphatic rings. The predicted octanol–water partition coefficient (Wildman–Crippen LogP) is 8.84. The summed E-state index contributed by atoms with van der Waals surface area (Å²) in [4.78, 5) is 64.5. The standard InChI is InChI=1S/C46H39N7O6/c1-3-5-13-28(4-2)27-53-43(54)37-35(58-45(56)32-22-20-31(21-23-32)41-47-39(49-51-41)29-14-8-6-9-15-29)24-25-36(38(37)44(53)55)59-46(57)34-19-12-18-33(26-34)42-48-40(50-52-42)30-16-10-7-11-17-30/h6-12,14-26,28H,3-5,13,27H2,1-2H3,(H,47,49,51)(H,48,50,52). The molecule has 13 heteroatoms. The van der Waals surface area contributed by atoms with E-state index in [9.17, 15) is 19.2 Å². The lowest BCUT2D eigenvalue weighted by Gasteiger charge is -2.21. The third-order valence-corrected chi connectivity index (χ3v) is 10.3. The number of H-pyrrole nitrogens is 2. The predicted molar refractivity (Wildman–Crippen MR) is 220 cm³/mol. The summed E-state index contributed by atoms with van der Waals surface area (Å²) in [5, 5.41) is 15.7.